The average molecular weight is 350 g/mol. The van der Waals surface area contributed by atoms with E-state index in [2.05, 4.69) is 0 Å². The Bertz CT molecular complexity index is 609. The Morgan fingerprint density at radius 2 is 1.23 bits per heavy atom. The molecule has 0 aliphatic heterocycles. The Kier molecular flexibility index (Phi) is 7.47. The van der Waals surface area contributed by atoms with Crippen molar-refractivity contribution in [2.45, 2.75) is 49.3 Å². The highest BCUT2D eigenvalue weighted by atomic mass is 32.2. The van der Waals surface area contributed by atoms with Crippen LogP contribution in [0.4, 0.5) is 0 Å². The van der Waals surface area contributed by atoms with Gasteiger partial charge < -0.3 is 0 Å². The molecule has 0 aromatic heterocycles. The third kappa shape index (κ3) is 5.68. The van der Waals surface area contributed by atoms with Gasteiger partial charge in [0.05, 0.1) is 23.0 Å². The summed E-state index contributed by atoms with van der Waals surface area (Å²) in [4.78, 5) is -0.382. The van der Waals surface area contributed by atoms with Crippen LogP contribution in [0.3, 0.4) is 0 Å². The van der Waals surface area contributed by atoms with Crippen molar-refractivity contribution in [3.8, 4) is 0 Å². The molecule has 0 unspecified atom stereocenters. The summed E-state index contributed by atoms with van der Waals surface area (Å²) >= 11 is 0. The maximum atomic E-state index is 12.0. The molecule has 0 aliphatic carbocycles. The summed E-state index contributed by atoms with van der Waals surface area (Å²) in [6.45, 7) is 3.97. The molecule has 0 heterocycles. The van der Waals surface area contributed by atoms with E-state index in [0.29, 0.717) is 12.8 Å². The molecule has 0 saturated carbocycles. The highest BCUT2D eigenvalue weighted by Crippen LogP contribution is 2.19. The Morgan fingerprint density at radius 1 is 0.818 bits per heavy atom. The highest BCUT2D eigenvalue weighted by Gasteiger charge is 2.20. The van der Waals surface area contributed by atoms with Crippen LogP contribution in [0.15, 0.2) is 34.1 Å². The molecule has 6 nitrogen and oxygen atoms in total. The molecule has 0 saturated heterocycles. The van der Waals surface area contributed by atoms with Gasteiger partial charge in [-0.05, 0) is 31.0 Å². The van der Waals surface area contributed by atoms with Gasteiger partial charge in [0.25, 0.3) is 20.2 Å². The fourth-order valence-electron chi connectivity index (χ4n) is 1.55. The van der Waals surface area contributed by atoms with E-state index in [0.717, 1.165) is 18.9 Å². The predicted molar refractivity (Wildman–Crippen MR) is 82.5 cm³/mol. The molecule has 0 aliphatic rings. The summed E-state index contributed by atoms with van der Waals surface area (Å²) in [5.74, 6) is 0. The van der Waals surface area contributed by atoms with Crippen molar-refractivity contribution in [2.75, 3.05) is 13.2 Å². The van der Waals surface area contributed by atoms with Crippen LogP contribution in [-0.2, 0) is 28.6 Å². The fraction of sp³-hybridized carbons (Fsp3) is 0.571. The van der Waals surface area contributed by atoms with Crippen LogP contribution < -0.4 is 0 Å². The molecule has 22 heavy (non-hydrogen) atoms. The average Bonchev–Trinajstić information content (AvgIpc) is 2.48. The molecule has 0 radical (unpaired) electrons. The van der Waals surface area contributed by atoms with Crippen LogP contribution in [0.5, 0.6) is 0 Å². The van der Waals surface area contributed by atoms with E-state index < -0.39 is 20.2 Å². The van der Waals surface area contributed by atoms with Gasteiger partial charge in [-0.2, -0.15) is 16.8 Å². The standard InChI is InChI=1S/C14H22O6S2/c1-3-5-10-19-21(15,16)13-8-7-9-14(12-13)22(17,18)20-11-6-4-2/h7-9,12H,3-6,10-11H2,1-2H3. The largest absolute Gasteiger partial charge is 0.297 e. The van der Waals surface area contributed by atoms with Crippen molar-refractivity contribution >= 4 is 20.2 Å². The zero-order chi connectivity index (χ0) is 16.6. The summed E-state index contributed by atoms with van der Waals surface area (Å²) in [5, 5.41) is 0. The van der Waals surface area contributed by atoms with Gasteiger partial charge in [-0.1, -0.05) is 32.8 Å². The molecular weight excluding hydrogens is 328 g/mol. The van der Waals surface area contributed by atoms with Crippen molar-refractivity contribution in [3.63, 3.8) is 0 Å². The molecule has 0 spiro atoms. The lowest BCUT2D eigenvalue weighted by Crippen LogP contribution is -2.11. The van der Waals surface area contributed by atoms with E-state index in [-0.39, 0.29) is 23.0 Å². The zero-order valence-electron chi connectivity index (χ0n) is 12.8. The molecule has 1 rings (SSSR count). The quantitative estimate of drug-likeness (QED) is 0.476. The Balaban J connectivity index is 2.94. The van der Waals surface area contributed by atoms with E-state index in [1.54, 1.807) is 0 Å². The Hall–Kier alpha value is -0.960. The van der Waals surface area contributed by atoms with Gasteiger partial charge in [0.15, 0.2) is 0 Å². The minimum absolute atomic E-state index is 0.0722. The van der Waals surface area contributed by atoms with E-state index in [1.807, 2.05) is 13.8 Å². The van der Waals surface area contributed by atoms with Gasteiger partial charge in [-0.25, -0.2) is 0 Å². The van der Waals surface area contributed by atoms with Crippen molar-refractivity contribution in [2.24, 2.45) is 0 Å². The van der Waals surface area contributed by atoms with Crippen molar-refractivity contribution in [3.05, 3.63) is 24.3 Å². The van der Waals surface area contributed by atoms with Gasteiger partial charge in [-0.15, -0.1) is 0 Å². The monoisotopic (exact) mass is 350 g/mol. The van der Waals surface area contributed by atoms with Gasteiger partial charge in [0.1, 0.15) is 0 Å². The molecule has 1 aromatic carbocycles. The molecule has 0 amide bonds. The highest BCUT2D eigenvalue weighted by molar-refractivity contribution is 7.87. The van der Waals surface area contributed by atoms with Crippen molar-refractivity contribution in [1.29, 1.82) is 0 Å². The van der Waals surface area contributed by atoms with Crippen LogP contribution in [0.25, 0.3) is 0 Å². The minimum atomic E-state index is -3.96. The van der Waals surface area contributed by atoms with Gasteiger partial charge in [-0.3, -0.25) is 8.37 Å². The third-order valence-electron chi connectivity index (χ3n) is 2.86. The molecule has 1 aromatic rings. The third-order valence-corrected chi connectivity index (χ3v) is 5.47. The number of unbranched alkanes of at least 4 members (excludes halogenated alkanes) is 2. The molecular formula is C14H22O6S2. The van der Waals surface area contributed by atoms with E-state index in [1.165, 1.54) is 18.2 Å². The topological polar surface area (TPSA) is 86.7 Å². The molecule has 8 heteroatoms. The maximum Gasteiger partial charge on any atom is 0.297 e. The van der Waals surface area contributed by atoms with Gasteiger partial charge >= 0.3 is 0 Å². The van der Waals surface area contributed by atoms with Crippen LogP contribution in [0, 0.1) is 0 Å². The van der Waals surface area contributed by atoms with Crippen LogP contribution >= 0.6 is 0 Å². The summed E-state index contributed by atoms with van der Waals surface area (Å²) < 4.78 is 57.7. The molecule has 126 valence electrons. The first-order chi connectivity index (χ1) is 10.3. The van der Waals surface area contributed by atoms with Crippen molar-refractivity contribution in [1.82, 2.24) is 0 Å². The zero-order valence-corrected chi connectivity index (χ0v) is 14.5. The molecule has 0 N–H and O–H groups in total. The first-order valence-electron chi connectivity index (χ1n) is 7.22. The summed E-state index contributed by atoms with van der Waals surface area (Å²) in [7, 11) is -7.92. The number of hydrogen-bond acceptors (Lipinski definition) is 6. The van der Waals surface area contributed by atoms with Crippen LogP contribution in [-0.4, -0.2) is 30.0 Å². The van der Waals surface area contributed by atoms with Crippen molar-refractivity contribution < 1.29 is 25.2 Å². The molecule has 0 fully saturated rings. The van der Waals surface area contributed by atoms with Crippen LogP contribution in [0.1, 0.15) is 39.5 Å². The Labute approximate surface area is 132 Å². The Morgan fingerprint density at radius 3 is 1.59 bits per heavy atom. The lowest BCUT2D eigenvalue weighted by molar-refractivity contribution is 0.309. The lowest BCUT2D eigenvalue weighted by atomic mass is 10.4. The van der Waals surface area contributed by atoms with Gasteiger partial charge in [0, 0.05) is 0 Å². The number of rotatable bonds is 10. The summed E-state index contributed by atoms with van der Waals surface area (Å²) in [5.41, 5.74) is 0. The SMILES string of the molecule is CCCCOS(=O)(=O)c1cccc(S(=O)(=O)OCCCC)c1. The summed E-state index contributed by atoms with van der Waals surface area (Å²) in [6, 6.07) is 5.01. The van der Waals surface area contributed by atoms with Gasteiger partial charge in [0.2, 0.25) is 0 Å². The lowest BCUT2D eigenvalue weighted by Gasteiger charge is -2.08. The van der Waals surface area contributed by atoms with Crippen LogP contribution in [0.2, 0.25) is 0 Å². The fourth-order valence-corrected chi connectivity index (χ4v) is 3.60. The second kappa shape index (κ2) is 8.61. The number of hydrogen-bond donors (Lipinski definition) is 0. The maximum absolute atomic E-state index is 12.0. The molecule has 0 bridgehead atoms. The first-order valence-corrected chi connectivity index (χ1v) is 10.0. The smallest absolute Gasteiger partial charge is 0.266 e. The normalized spacial score (nSPS) is 12.5. The van der Waals surface area contributed by atoms with E-state index in [4.69, 9.17) is 8.37 Å². The number of benzene rings is 1. The molecule has 0 atom stereocenters. The minimum Gasteiger partial charge on any atom is -0.266 e. The second-order valence-electron chi connectivity index (χ2n) is 4.73. The summed E-state index contributed by atoms with van der Waals surface area (Å²) in [6.07, 6.45) is 2.82. The second-order valence-corrected chi connectivity index (χ2v) is 7.96. The van der Waals surface area contributed by atoms with E-state index in [9.17, 15) is 16.8 Å². The van der Waals surface area contributed by atoms with E-state index >= 15 is 0 Å². The first kappa shape index (κ1) is 19.1. The predicted octanol–water partition coefficient (Wildman–Crippen LogP) is 2.70.